The third-order valence-corrected chi connectivity index (χ3v) is 6.11. The molecule has 0 bridgehead atoms. The van der Waals surface area contributed by atoms with Gasteiger partial charge in [0.2, 0.25) is 5.91 Å². The number of hydrogen-bond acceptors (Lipinski definition) is 4. The van der Waals surface area contributed by atoms with Crippen LogP contribution in [0.3, 0.4) is 0 Å². The molecule has 0 N–H and O–H groups in total. The number of thiazole rings is 1. The Labute approximate surface area is 157 Å². The van der Waals surface area contributed by atoms with Gasteiger partial charge >= 0.3 is 0 Å². The van der Waals surface area contributed by atoms with Crippen molar-refractivity contribution in [3.63, 3.8) is 0 Å². The van der Waals surface area contributed by atoms with Crippen molar-refractivity contribution in [3.05, 3.63) is 65.1 Å². The third-order valence-electron chi connectivity index (χ3n) is 4.94. The van der Waals surface area contributed by atoms with Crippen LogP contribution in [0.1, 0.15) is 35.3 Å². The molecule has 0 spiro atoms. The first-order valence-electron chi connectivity index (χ1n) is 8.92. The largest absolute Gasteiger partial charge is 0.464 e. The van der Waals surface area contributed by atoms with E-state index in [0.29, 0.717) is 6.54 Å². The summed E-state index contributed by atoms with van der Waals surface area (Å²) in [5, 5.41) is 1.07. The molecule has 2 heterocycles. The molecule has 1 aliphatic rings. The fraction of sp³-hybridized carbons (Fsp3) is 0.333. The van der Waals surface area contributed by atoms with Crippen molar-refractivity contribution in [2.45, 2.75) is 32.2 Å². The van der Waals surface area contributed by atoms with Gasteiger partial charge in [0.15, 0.2) is 0 Å². The first kappa shape index (κ1) is 17.0. The summed E-state index contributed by atoms with van der Waals surface area (Å²) in [6, 6.07) is 12.0. The molecule has 3 aromatic rings. The molecule has 26 heavy (non-hydrogen) atoms. The van der Waals surface area contributed by atoms with Gasteiger partial charge in [-0.25, -0.2) is 4.98 Å². The summed E-state index contributed by atoms with van der Waals surface area (Å²) < 4.78 is 6.81. The van der Waals surface area contributed by atoms with E-state index in [4.69, 9.17) is 9.40 Å². The molecule has 0 saturated heterocycles. The predicted molar refractivity (Wildman–Crippen MR) is 104 cm³/mol. The van der Waals surface area contributed by atoms with Gasteiger partial charge in [0.25, 0.3) is 0 Å². The predicted octanol–water partition coefficient (Wildman–Crippen LogP) is 4.91. The van der Waals surface area contributed by atoms with E-state index >= 15 is 0 Å². The molecule has 0 unspecified atom stereocenters. The zero-order valence-corrected chi connectivity index (χ0v) is 15.8. The lowest BCUT2D eigenvalue weighted by Crippen LogP contribution is -2.36. The van der Waals surface area contributed by atoms with Crippen molar-refractivity contribution in [3.8, 4) is 0 Å². The van der Waals surface area contributed by atoms with E-state index < -0.39 is 0 Å². The normalized spacial score (nSPS) is 19.8. The van der Waals surface area contributed by atoms with Gasteiger partial charge in [-0.15, -0.1) is 11.3 Å². The lowest BCUT2D eigenvalue weighted by atomic mass is 9.82. The molecule has 4 nitrogen and oxygen atoms in total. The molecule has 2 atom stereocenters. The van der Waals surface area contributed by atoms with E-state index in [1.807, 2.05) is 44.3 Å². The van der Waals surface area contributed by atoms with Gasteiger partial charge in [-0.05, 0) is 44.0 Å². The molecule has 4 rings (SSSR count). The molecule has 1 aliphatic carbocycles. The van der Waals surface area contributed by atoms with Crippen LogP contribution in [0.2, 0.25) is 0 Å². The first-order chi connectivity index (χ1) is 12.6. The van der Waals surface area contributed by atoms with Crippen LogP contribution in [0.15, 0.2) is 53.0 Å². The maximum Gasteiger partial charge on any atom is 0.226 e. The van der Waals surface area contributed by atoms with Crippen molar-refractivity contribution in [2.24, 2.45) is 5.92 Å². The Kier molecular flexibility index (Phi) is 4.64. The molecule has 1 aromatic carbocycles. The highest BCUT2D eigenvalue weighted by Crippen LogP contribution is 2.39. The average Bonchev–Trinajstić information content (AvgIpc) is 3.26. The van der Waals surface area contributed by atoms with E-state index in [1.54, 1.807) is 16.2 Å². The fourth-order valence-corrected chi connectivity index (χ4v) is 4.72. The minimum absolute atomic E-state index is 0.0679. The van der Waals surface area contributed by atoms with Crippen molar-refractivity contribution in [2.75, 3.05) is 7.05 Å². The molecule has 0 saturated carbocycles. The van der Waals surface area contributed by atoms with Crippen LogP contribution in [-0.4, -0.2) is 22.8 Å². The molecule has 0 radical (unpaired) electrons. The van der Waals surface area contributed by atoms with E-state index in [1.165, 1.54) is 4.70 Å². The second-order valence-electron chi connectivity index (χ2n) is 6.88. The number of carbonyl (C=O) groups is 1. The summed E-state index contributed by atoms with van der Waals surface area (Å²) >= 11 is 1.71. The summed E-state index contributed by atoms with van der Waals surface area (Å²) in [5.74, 6) is 1.93. The van der Waals surface area contributed by atoms with Crippen molar-refractivity contribution in [1.82, 2.24) is 9.88 Å². The topological polar surface area (TPSA) is 46.3 Å². The number of nitrogens with zero attached hydrogens (tertiary/aromatic N) is 2. The minimum Gasteiger partial charge on any atom is -0.464 e. The zero-order valence-electron chi connectivity index (χ0n) is 15.0. The zero-order chi connectivity index (χ0) is 18.1. The van der Waals surface area contributed by atoms with Crippen LogP contribution in [-0.2, 0) is 11.3 Å². The van der Waals surface area contributed by atoms with Crippen LogP contribution in [0, 0.1) is 12.8 Å². The van der Waals surface area contributed by atoms with Crippen molar-refractivity contribution < 1.29 is 9.21 Å². The summed E-state index contributed by atoms with van der Waals surface area (Å²) in [7, 11) is 1.86. The highest BCUT2D eigenvalue weighted by atomic mass is 32.1. The number of allylic oxidation sites excluding steroid dienone is 2. The molecule has 134 valence electrons. The van der Waals surface area contributed by atoms with E-state index in [2.05, 4.69) is 18.2 Å². The Bertz CT molecular complexity index is 923. The minimum atomic E-state index is -0.0679. The SMILES string of the molecule is Cc1ccc(CN(C)C(=O)[C@@H]2CC=CC[C@H]2c2nc3ccccc3s2)o1. The van der Waals surface area contributed by atoms with Gasteiger partial charge in [0.1, 0.15) is 11.5 Å². The van der Waals surface area contributed by atoms with Crippen molar-refractivity contribution >= 4 is 27.5 Å². The van der Waals surface area contributed by atoms with Crippen LogP contribution >= 0.6 is 11.3 Å². The Morgan fingerprint density at radius 1 is 1.23 bits per heavy atom. The van der Waals surface area contributed by atoms with Gasteiger partial charge < -0.3 is 9.32 Å². The number of fused-ring (bicyclic) bond motifs is 1. The van der Waals surface area contributed by atoms with E-state index in [9.17, 15) is 4.79 Å². The van der Waals surface area contributed by atoms with Gasteiger partial charge in [0, 0.05) is 13.0 Å². The number of furan rings is 1. The van der Waals surface area contributed by atoms with Gasteiger partial charge in [-0.3, -0.25) is 4.79 Å². The highest BCUT2D eigenvalue weighted by molar-refractivity contribution is 7.18. The van der Waals surface area contributed by atoms with Gasteiger partial charge in [-0.2, -0.15) is 0 Å². The monoisotopic (exact) mass is 366 g/mol. The Balaban J connectivity index is 1.56. The highest BCUT2D eigenvalue weighted by Gasteiger charge is 2.34. The number of hydrogen-bond donors (Lipinski definition) is 0. The number of benzene rings is 1. The molecule has 0 fully saturated rings. The lowest BCUT2D eigenvalue weighted by Gasteiger charge is -2.29. The van der Waals surface area contributed by atoms with E-state index in [-0.39, 0.29) is 17.7 Å². The van der Waals surface area contributed by atoms with Gasteiger partial charge in [-0.1, -0.05) is 24.3 Å². The Hall–Kier alpha value is -2.40. The maximum atomic E-state index is 13.1. The maximum absolute atomic E-state index is 13.1. The second-order valence-corrected chi connectivity index (χ2v) is 7.94. The third kappa shape index (κ3) is 3.31. The Morgan fingerprint density at radius 3 is 2.81 bits per heavy atom. The molecule has 0 aliphatic heterocycles. The summed E-state index contributed by atoms with van der Waals surface area (Å²) in [4.78, 5) is 19.7. The molecule has 2 aromatic heterocycles. The number of aromatic nitrogens is 1. The summed E-state index contributed by atoms with van der Waals surface area (Å²) in [5.41, 5.74) is 1.02. The molecule has 1 amide bonds. The van der Waals surface area contributed by atoms with Crippen LogP contribution in [0.25, 0.3) is 10.2 Å². The van der Waals surface area contributed by atoms with Crippen LogP contribution in [0.5, 0.6) is 0 Å². The molecule has 5 heteroatoms. The van der Waals surface area contributed by atoms with E-state index in [0.717, 1.165) is 34.9 Å². The molecular formula is C21H22N2O2S. The number of para-hydroxylation sites is 1. The average molecular weight is 366 g/mol. The number of carbonyl (C=O) groups excluding carboxylic acids is 1. The number of rotatable bonds is 4. The quantitative estimate of drug-likeness (QED) is 0.617. The van der Waals surface area contributed by atoms with Crippen LogP contribution < -0.4 is 0 Å². The first-order valence-corrected chi connectivity index (χ1v) is 9.74. The summed E-state index contributed by atoms with van der Waals surface area (Å²) in [6.45, 7) is 2.42. The number of aryl methyl sites for hydroxylation is 1. The second kappa shape index (κ2) is 7.08. The standard InChI is InChI=1S/C21H22N2O2S/c1-14-11-12-15(25-14)13-23(2)21(24)17-8-4-3-7-16(17)20-22-18-9-5-6-10-19(18)26-20/h3-6,9-12,16-17H,7-8,13H2,1-2H3/t16-,17-/m1/s1. The fourth-order valence-electron chi connectivity index (χ4n) is 3.57. The van der Waals surface area contributed by atoms with Crippen molar-refractivity contribution in [1.29, 1.82) is 0 Å². The Morgan fingerprint density at radius 2 is 2.04 bits per heavy atom. The summed E-state index contributed by atoms with van der Waals surface area (Å²) in [6.07, 6.45) is 5.93. The lowest BCUT2D eigenvalue weighted by molar-refractivity contribution is -0.135. The number of amides is 1. The smallest absolute Gasteiger partial charge is 0.226 e. The molecular weight excluding hydrogens is 344 g/mol. The van der Waals surface area contributed by atoms with Crippen LogP contribution in [0.4, 0.5) is 0 Å². The van der Waals surface area contributed by atoms with Gasteiger partial charge in [0.05, 0.1) is 27.7 Å².